The maximum absolute atomic E-state index is 12.4. The molecule has 2 rings (SSSR count). The highest BCUT2D eigenvalue weighted by atomic mass is 35.5. The fourth-order valence-corrected chi connectivity index (χ4v) is 4.26. The van der Waals surface area contributed by atoms with Crippen LogP contribution in [0, 0.1) is 5.41 Å². The second-order valence-electron chi connectivity index (χ2n) is 5.85. The van der Waals surface area contributed by atoms with Crippen LogP contribution in [0.4, 0.5) is 0 Å². The van der Waals surface area contributed by atoms with Crippen molar-refractivity contribution in [2.24, 2.45) is 5.41 Å². The Balaban J connectivity index is 2.24. The summed E-state index contributed by atoms with van der Waals surface area (Å²) in [5.41, 5.74) is -0.0467. The van der Waals surface area contributed by atoms with Gasteiger partial charge in [-0.2, -0.15) is 0 Å². The van der Waals surface area contributed by atoms with Crippen LogP contribution in [0.15, 0.2) is 17.2 Å². The molecule has 0 aliphatic heterocycles. The number of sulfonamides is 1. The average Bonchev–Trinajstić information content (AvgIpc) is 2.35. The highest BCUT2D eigenvalue weighted by molar-refractivity contribution is 7.89. The van der Waals surface area contributed by atoms with Gasteiger partial charge in [0.25, 0.3) is 0 Å². The van der Waals surface area contributed by atoms with E-state index in [0.717, 1.165) is 25.7 Å². The summed E-state index contributed by atoms with van der Waals surface area (Å²) < 4.78 is 27.6. The Morgan fingerprint density at radius 1 is 1.35 bits per heavy atom. The second kappa shape index (κ2) is 5.79. The maximum atomic E-state index is 12.4. The fraction of sp³-hybridized carbons (Fsp3) is 0.615. The molecular weight excluding hydrogens is 319 g/mol. The van der Waals surface area contributed by atoms with Gasteiger partial charge in [0.05, 0.1) is 5.02 Å². The summed E-state index contributed by atoms with van der Waals surface area (Å²) in [6, 6.07) is 1.25. The van der Waals surface area contributed by atoms with E-state index >= 15 is 0 Å². The van der Waals surface area contributed by atoms with Crippen LogP contribution in [0.3, 0.4) is 0 Å². The van der Waals surface area contributed by atoms with Gasteiger partial charge in [0.1, 0.15) is 10.0 Å². The lowest BCUT2D eigenvalue weighted by atomic mass is 9.74. The lowest BCUT2D eigenvalue weighted by Crippen LogP contribution is -2.46. The number of hydrogen-bond donors (Lipinski definition) is 1. The molecule has 0 amide bonds. The number of aromatic nitrogens is 1. The van der Waals surface area contributed by atoms with Crippen molar-refractivity contribution in [1.82, 2.24) is 9.71 Å². The molecular formula is C13H18Cl2N2O2S. The molecule has 7 heteroatoms. The van der Waals surface area contributed by atoms with Gasteiger partial charge >= 0.3 is 0 Å². The normalized spacial score (nSPS) is 22.7. The molecule has 20 heavy (non-hydrogen) atoms. The van der Waals surface area contributed by atoms with Crippen LogP contribution in [0.2, 0.25) is 10.2 Å². The molecule has 1 heterocycles. The predicted octanol–water partition coefficient (Wildman–Crippen LogP) is 3.64. The third-order valence-electron chi connectivity index (χ3n) is 3.89. The molecule has 0 saturated heterocycles. The van der Waals surface area contributed by atoms with Gasteiger partial charge in [-0.3, -0.25) is 0 Å². The van der Waals surface area contributed by atoms with E-state index in [9.17, 15) is 8.42 Å². The molecule has 1 aromatic rings. The lowest BCUT2D eigenvalue weighted by Gasteiger charge is -2.38. The monoisotopic (exact) mass is 336 g/mol. The SMILES string of the molecule is CC1(C)CCCCC1NS(=O)(=O)c1cnc(Cl)c(Cl)c1. The molecule has 0 spiro atoms. The zero-order valence-electron chi connectivity index (χ0n) is 11.5. The lowest BCUT2D eigenvalue weighted by molar-refractivity contribution is 0.188. The topological polar surface area (TPSA) is 59.1 Å². The van der Waals surface area contributed by atoms with E-state index in [0.29, 0.717) is 0 Å². The van der Waals surface area contributed by atoms with Crippen molar-refractivity contribution in [2.45, 2.75) is 50.5 Å². The molecule has 0 aromatic carbocycles. The highest BCUT2D eigenvalue weighted by Crippen LogP contribution is 2.36. The van der Waals surface area contributed by atoms with Crippen molar-refractivity contribution < 1.29 is 8.42 Å². The van der Waals surface area contributed by atoms with Gasteiger partial charge in [-0.05, 0) is 24.3 Å². The van der Waals surface area contributed by atoms with E-state index in [1.165, 1.54) is 12.3 Å². The third kappa shape index (κ3) is 3.45. The van der Waals surface area contributed by atoms with Crippen LogP contribution in [0.25, 0.3) is 0 Å². The van der Waals surface area contributed by atoms with Crippen molar-refractivity contribution in [1.29, 1.82) is 0 Å². The minimum atomic E-state index is -3.63. The minimum absolute atomic E-state index is 0.0467. The van der Waals surface area contributed by atoms with E-state index in [1.54, 1.807) is 0 Å². The molecule has 112 valence electrons. The highest BCUT2D eigenvalue weighted by Gasteiger charge is 2.35. The minimum Gasteiger partial charge on any atom is -0.242 e. The molecule has 1 saturated carbocycles. The summed E-state index contributed by atoms with van der Waals surface area (Å²) in [6.45, 7) is 4.18. The molecule has 0 bridgehead atoms. The summed E-state index contributed by atoms with van der Waals surface area (Å²) in [4.78, 5) is 3.84. The maximum Gasteiger partial charge on any atom is 0.242 e. The average molecular weight is 337 g/mol. The number of pyridine rings is 1. The summed E-state index contributed by atoms with van der Waals surface area (Å²) >= 11 is 11.5. The molecule has 4 nitrogen and oxygen atoms in total. The van der Waals surface area contributed by atoms with Crippen LogP contribution in [0.1, 0.15) is 39.5 Å². The largest absolute Gasteiger partial charge is 0.242 e. The Kier molecular flexibility index (Phi) is 4.64. The van der Waals surface area contributed by atoms with Gasteiger partial charge in [0.15, 0.2) is 0 Å². The first-order valence-corrected chi connectivity index (χ1v) is 8.80. The third-order valence-corrected chi connectivity index (χ3v) is 6.01. The van der Waals surface area contributed by atoms with Crippen LogP contribution in [-0.4, -0.2) is 19.4 Å². The molecule has 1 aliphatic carbocycles. The van der Waals surface area contributed by atoms with Gasteiger partial charge in [-0.25, -0.2) is 18.1 Å². The van der Waals surface area contributed by atoms with Crippen molar-refractivity contribution in [3.8, 4) is 0 Å². The van der Waals surface area contributed by atoms with Crippen LogP contribution in [0.5, 0.6) is 0 Å². The number of rotatable bonds is 3. The van der Waals surface area contributed by atoms with E-state index in [2.05, 4.69) is 23.6 Å². The molecule has 1 atom stereocenters. The Labute approximate surface area is 129 Å². The van der Waals surface area contributed by atoms with Gasteiger partial charge in [-0.15, -0.1) is 0 Å². The van der Waals surface area contributed by atoms with Crippen molar-refractivity contribution in [3.05, 3.63) is 22.4 Å². The van der Waals surface area contributed by atoms with E-state index in [-0.39, 0.29) is 26.5 Å². The Hall–Kier alpha value is -0.360. The fourth-order valence-electron chi connectivity index (χ4n) is 2.52. The van der Waals surface area contributed by atoms with Crippen molar-refractivity contribution in [3.63, 3.8) is 0 Å². The Bertz CT molecular complexity index is 602. The van der Waals surface area contributed by atoms with Gasteiger partial charge in [-0.1, -0.05) is 49.9 Å². The summed E-state index contributed by atoms with van der Waals surface area (Å²) in [5, 5.41) is 0.237. The number of nitrogens with one attached hydrogen (secondary N) is 1. The number of nitrogens with zero attached hydrogens (tertiary/aromatic N) is 1. The van der Waals surface area contributed by atoms with Crippen LogP contribution >= 0.6 is 23.2 Å². The summed E-state index contributed by atoms with van der Waals surface area (Å²) in [6.07, 6.45) is 5.27. The zero-order chi connectivity index (χ0) is 15.0. The standard InChI is InChI=1S/C13H18Cl2N2O2S/c1-13(2)6-4-3-5-11(13)17-20(18,19)9-7-10(14)12(15)16-8-9/h7-8,11,17H,3-6H2,1-2H3. The second-order valence-corrected chi connectivity index (χ2v) is 8.33. The van der Waals surface area contributed by atoms with E-state index in [4.69, 9.17) is 23.2 Å². The van der Waals surface area contributed by atoms with E-state index < -0.39 is 10.0 Å². The number of halogens is 2. The molecule has 1 aliphatic rings. The smallest absolute Gasteiger partial charge is 0.242 e. The predicted molar refractivity (Wildman–Crippen MR) is 80.6 cm³/mol. The molecule has 1 N–H and O–H groups in total. The van der Waals surface area contributed by atoms with Crippen molar-refractivity contribution >= 4 is 33.2 Å². The zero-order valence-corrected chi connectivity index (χ0v) is 13.8. The molecule has 1 aromatic heterocycles. The van der Waals surface area contributed by atoms with Gasteiger partial charge in [0, 0.05) is 12.2 Å². The van der Waals surface area contributed by atoms with Gasteiger partial charge in [0.2, 0.25) is 10.0 Å². The summed E-state index contributed by atoms with van der Waals surface area (Å²) in [7, 11) is -3.63. The first-order valence-electron chi connectivity index (χ1n) is 6.56. The van der Waals surface area contributed by atoms with Crippen molar-refractivity contribution in [2.75, 3.05) is 0 Å². The quantitative estimate of drug-likeness (QED) is 0.857. The van der Waals surface area contributed by atoms with Crippen LogP contribution < -0.4 is 4.72 Å². The summed E-state index contributed by atoms with van der Waals surface area (Å²) in [5.74, 6) is 0. The Morgan fingerprint density at radius 3 is 2.65 bits per heavy atom. The molecule has 1 unspecified atom stereocenters. The van der Waals surface area contributed by atoms with Gasteiger partial charge < -0.3 is 0 Å². The molecule has 0 radical (unpaired) electrons. The van der Waals surface area contributed by atoms with Crippen LogP contribution in [-0.2, 0) is 10.0 Å². The molecule has 1 fully saturated rings. The Morgan fingerprint density at radius 2 is 2.05 bits per heavy atom. The first kappa shape index (κ1) is 16.0. The van der Waals surface area contributed by atoms with E-state index in [1.807, 2.05) is 0 Å². The number of hydrogen-bond acceptors (Lipinski definition) is 3. The first-order chi connectivity index (χ1) is 9.22.